The van der Waals surface area contributed by atoms with Gasteiger partial charge in [-0.25, -0.2) is 0 Å². The average Bonchev–Trinajstić information content (AvgIpc) is 1.71. The average molecular weight is 1170 g/mol. The lowest BCUT2D eigenvalue weighted by atomic mass is 9.74. The van der Waals surface area contributed by atoms with Crippen LogP contribution in [0, 0.1) is 0 Å². The fourth-order valence-corrected chi connectivity index (χ4v) is 14.5. The molecule has 17 aromatic rings. The van der Waals surface area contributed by atoms with E-state index < -0.39 is 0 Å². The minimum Gasteiger partial charge on any atom is -0.309 e. The standard InChI is InChI=1S/C46H36N2.C41H34N2/c1-3-46(2,34-13-5-4-6-14-34)35-25-30-45-41(31-35)40-17-9-12-20-44(40)48(45)37-28-23-33(24-29-37)32-21-26-36(27-22-32)47-42-18-10-7-15-38(42)39-16-8-11-19-43(39)47;1-4-41(2,3)30-21-26-40-36(27-30)35-13-7-10-16-39(35)43(40)32-24-19-29(20-25-32)28-17-22-31(23-18-28)42-37-14-8-5-11-33(37)34-12-6-9-15-38(34)42/h4-31H,3H2,1-2H3;5-27H,4H2,1-3H3. The Labute approximate surface area is 531 Å². The second kappa shape index (κ2) is 22.3. The number of nitrogens with zero attached hydrogens (tertiary/aromatic N) is 4. The van der Waals surface area contributed by atoms with Crippen LogP contribution in [0.2, 0.25) is 0 Å². The minimum absolute atomic E-state index is 0.0581. The maximum atomic E-state index is 2.43. The van der Waals surface area contributed by atoms with Gasteiger partial charge in [-0.05, 0) is 166 Å². The Bertz CT molecular complexity index is 5450. The molecule has 13 aromatic carbocycles. The predicted octanol–water partition coefficient (Wildman–Crippen LogP) is 23.5. The van der Waals surface area contributed by atoms with Crippen molar-refractivity contribution in [2.75, 3.05) is 0 Å². The van der Waals surface area contributed by atoms with Crippen molar-refractivity contribution < 1.29 is 0 Å². The van der Waals surface area contributed by atoms with Crippen molar-refractivity contribution >= 4 is 87.2 Å². The number of fused-ring (bicyclic) bond motifs is 12. The number of rotatable bonds is 11. The van der Waals surface area contributed by atoms with Crippen molar-refractivity contribution in [2.24, 2.45) is 0 Å². The Hall–Kier alpha value is -10.9. The van der Waals surface area contributed by atoms with Gasteiger partial charge in [0.05, 0.1) is 44.1 Å². The van der Waals surface area contributed by atoms with Gasteiger partial charge in [0.15, 0.2) is 0 Å². The zero-order chi connectivity index (χ0) is 61.4. The number of benzene rings is 13. The van der Waals surface area contributed by atoms with E-state index in [4.69, 9.17) is 0 Å². The molecule has 1 unspecified atom stereocenters. The SMILES string of the molecule is CCC(C)(C)c1ccc2c(c1)c1ccccc1n2-c1ccc(-c2ccc(-n3c4ccccc4c4ccccc43)cc2)cc1.CCC(C)(c1ccccc1)c1ccc2c(c1)c1ccccc1n2-c1ccc(-c2ccc(-n3c4ccccc4c4ccccc43)cc2)cc1. The van der Waals surface area contributed by atoms with Crippen molar-refractivity contribution in [1.29, 1.82) is 0 Å². The molecule has 0 radical (unpaired) electrons. The van der Waals surface area contributed by atoms with Gasteiger partial charge in [0.1, 0.15) is 0 Å². The van der Waals surface area contributed by atoms with Crippen LogP contribution in [0.4, 0.5) is 0 Å². The van der Waals surface area contributed by atoms with Gasteiger partial charge in [-0.1, -0.05) is 235 Å². The van der Waals surface area contributed by atoms with Crippen molar-refractivity contribution in [3.8, 4) is 45.0 Å². The predicted molar refractivity (Wildman–Crippen MR) is 388 cm³/mol. The summed E-state index contributed by atoms with van der Waals surface area (Å²) in [6.07, 6.45) is 2.14. The second-order valence-electron chi connectivity index (χ2n) is 25.4. The van der Waals surface area contributed by atoms with Gasteiger partial charge in [0, 0.05) is 71.3 Å². The maximum absolute atomic E-state index is 2.43. The molecule has 91 heavy (non-hydrogen) atoms. The topological polar surface area (TPSA) is 19.7 Å². The lowest BCUT2D eigenvalue weighted by Crippen LogP contribution is -2.22. The molecule has 4 heterocycles. The summed E-state index contributed by atoms with van der Waals surface area (Å²) in [4.78, 5) is 0. The smallest absolute Gasteiger partial charge is 0.0541 e. The molecule has 0 aliphatic carbocycles. The highest BCUT2D eigenvalue weighted by atomic mass is 15.0. The van der Waals surface area contributed by atoms with E-state index in [-0.39, 0.29) is 10.8 Å². The molecule has 0 bridgehead atoms. The van der Waals surface area contributed by atoms with Gasteiger partial charge < -0.3 is 18.3 Å². The number of para-hydroxylation sites is 6. The summed E-state index contributed by atoms with van der Waals surface area (Å²) in [6, 6.07) is 113. The first-order chi connectivity index (χ1) is 44.7. The molecule has 0 saturated heterocycles. The van der Waals surface area contributed by atoms with Crippen LogP contribution in [-0.2, 0) is 10.8 Å². The van der Waals surface area contributed by atoms with E-state index in [2.05, 4.69) is 362 Å². The monoisotopic (exact) mass is 1170 g/mol. The van der Waals surface area contributed by atoms with Gasteiger partial charge in [-0.15, -0.1) is 0 Å². The molecule has 438 valence electrons. The Balaban J connectivity index is 0.000000146. The highest BCUT2D eigenvalue weighted by molar-refractivity contribution is 6.12. The summed E-state index contributed by atoms with van der Waals surface area (Å²) >= 11 is 0. The van der Waals surface area contributed by atoms with Crippen molar-refractivity contribution in [3.63, 3.8) is 0 Å². The van der Waals surface area contributed by atoms with Crippen molar-refractivity contribution in [1.82, 2.24) is 18.3 Å². The quantitative estimate of drug-likeness (QED) is 0.123. The van der Waals surface area contributed by atoms with Crippen LogP contribution in [0.3, 0.4) is 0 Å². The summed E-state index contributed by atoms with van der Waals surface area (Å²) in [6.45, 7) is 11.6. The third-order valence-corrected chi connectivity index (χ3v) is 20.1. The van der Waals surface area contributed by atoms with Gasteiger partial charge in [-0.2, -0.15) is 0 Å². The molecule has 4 nitrogen and oxygen atoms in total. The molecule has 0 fully saturated rings. The van der Waals surface area contributed by atoms with Crippen LogP contribution in [0.1, 0.15) is 64.2 Å². The Morgan fingerprint density at radius 1 is 0.220 bits per heavy atom. The number of hydrogen-bond donors (Lipinski definition) is 0. The van der Waals surface area contributed by atoms with Gasteiger partial charge in [-0.3, -0.25) is 0 Å². The van der Waals surface area contributed by atoms with Crippen molar-refractivity contribution in [2.45, 2.75) is 58.3 Å². The highest BCUT2D eigenvalue weighted by Crippen LogP contribution is 2.42. The molecule has 0 spiro atoms. The van der Waals surface area contributed by atoms with E-state index in [1.165, 1.54) is 149 Å². The first-order valence-electron chi connectivity index (χ1n) is 32.2. The number of hydrogen-bond acceptors (Lipinski definition) is 0. The zero-order valence-electron chi connectivity index (χ0n) is 52.1. The highest BCUT2D eigenvalue weighted by Gasteiger charge is 2.28. The van der Waals surface area contributed by atoms with Crippen LogP contribution in [0.5, 0.6) is 0 Å². The fourth-order valence-electron chi connectivity index (χ4n) is 14.5. The van der Waals surface area contributed by atoms with Gasteiger partial charge >= 0.3 is 0 Å². The first-order valence-corrected chi connectivity index (χ1v) is 32.2. The van der Waals surface area contributed by atoms with Crippen molar-refractivity contribution in [3.05, 3.63) is 326 Å². The Morgan fingerprint density at radius 2 is 0.473 bits per heavy atom. The zero-order valence-corrected chi connectivity index (χ0v) is 52.1. The summed E-state index contributed by atoms with van der Waals surface area (Å²) < 4.78 is 9.55. The van der Waals surface area contributed by atoms with Gasteiger partial charge in [0.25, 0.3) is 0 Å². The first kappa shape index (κ1) is 55.4. The molecule has 0 N–H and O–H groups in total. The normalized spacial score (nSPS) is 12.6. The van der Waals surface area contributed by atoms with Crippen LogP contribution < -0.4 is 0 Å². The molecule has 4 heteroatoms. The molecular weight excluding hydrogens is 1100 g/mol. The third kappa shape index (κ3) is 9.27. The number of aromatic nitrogens is 4. The van der Waals surface area contributed by atoms with Gasteiger partial charge in [0.2, 0.25) is 0 Å². The Kier molecular flexibility index (Phi) is 13.6. The lowest BCUT2D eigenvalue weighted by molar-refractivity contribution is 0.507. The minimum atomic E-state index is -0.0581. The molecular formula is C87H70N4. The van der Waals surface area contributed by atoms with E-state index in [1.807, 2.05) is 0 Å². The van der Waals surface area contributed by atoms with E-state index >= 15 is 0 Å². The largest absolute Gasteiger partial charge is 0.309 e. The fraction of sp³-hybridized carbons (Fsp3) is 0.103. The van der Waals surface area contributed by atoms with E-state index in [1.54, 1.807) is 0 Å². The summed E-state index contributed by atoms with van der Waals surface area (Å²) in [5, 5.41) is 10.3. The molecule has 0 aliphatic rings. The van der Waals surface area contributed by atoms with Crippen LogP contribution in [0.15, 0.2) is 309 Å². The lowest BCUT2D eigenvalue weighted by Gasteiger charge is -2.30. The molecule has 4 aromatic heterocycles. The maximum Gasteiger partial charge on any atom is 0.0541 e. The molecule has 0 amide bonds. The van der Waals surface area contributed by atoms with Crippen LogP contribution >= 0.6 is 0 Å². The van der Waals surface area contributed by atoms with E-state index in [0.29, 0.717) is 0 Å². The summed E-state index contributed by atoms with van der Waals surface area (Å²) in [7, 11) is 0. The molecule has 1 atom stereocenters. The Morgan fingerprint density at radius 3 is 0.769 bits per heavy atom. The molecule has 0 aliphatic heterocycles. The van der Waals surface area contributed by atoms with Crippen LogP contribution in [0.25, 0.3) is 132 Å². The second-order valence-corrected chi connectivity index (χ2v) is 25.4. The third-order valence-electron chi connectivity index (χ3n) is 20.1. The summed E-state index contributed by atoms with van der Waals surface area (Å²) in [5.74, 6) is 0. The molecule has 17 rings (SSSR count). The van der Waals surface area contributed by atoms with Crippen LogP contribution in [-0.4, -0.2) is 18.3 Å². The molecule has 0 saturated carbocycles. The van der Waals surface area contributed by atoms with E-state index in [9.17, 15) is 0 Å². The summed E-state index contributed by atoms with van der Waals surface area (Å²) in [5.41, 5.74) is 23.6. The van der Waals surface area contributed by atoms with E-state index in [0.717, 1.165) is 12.8 Å².